The van der Waals surface area contributed by atoms with Crippen LogP contribution in [0.25, 0.3) is 10.2 Å². The van der Waals surface area contributed by atoms with E-state index in [9.17, 15) is 13.2 Å². The lowest BCUT2D eigenvalue weighted by molar-refractivity contribution is 0.581. The number of thiazole rings is 1. The molecule has 0 saturated heterocycles. The van der Waals surface area contributed by atoms with Gasteiger partial charge in [-0.05, 0) is 23.8 Å². The van der Waals surface area contributed by atoms with E-state index in [0.29, 0.717) is 10.2 Å². The zero-order chi connectivity index (χ0) is 14.9. The highest BCUT2D eigenvalue weighted by atomic mass is 32.2. The molecule has 1 aromatic heterocycles. The lowest BCUT2D eigenvalue weighted by atomic mass is 10.2. The monoisotopic (exact) mass is 320 g/mol. The van der Waals surface area contributed by atoms with Crippen LogP contribution < -0.4 is 9.60 Å². The second-order valence-electron chi connectivity index (χ2n) is 4.48. The highest BCUT2D eigenvalue weighted by molar-refractivity contribution is 7.89. The molecule has 5 nitrogen and oxygen atoms in total. The first kappa shape index (κ1) is 14.0. The minimum atomic E-state index is -3.60. The van der Waals surface area contributed by atoms with Gasteiger partial charge >= 0.3 is 4.87 Å². The summed E-state index contributed by atoms with van der Waals surface area (Å²) < 4.78 is 27.7. The molecule has 0 fully saturated rings. The van der Waals surface area contributed by atoms with Crippen LogP contribution in [0.15, 0.2) is 58.2 Å². The quantitative estimate of drug-likeness (QED) is 0.772. The third kappa shape index (κ3) is 3.05. The molecule has 21 heavy (non-hydrogen) atoms. The number of sulfonamides is 1. The predicted molar refractivity (Wildman–Crippen MR) is 82.9 cm³/mol. The Morgan fingerprint density at radius 3 is 2.62 bits per heavy atom. The Kier molecular flexibility index (Phi) is 3.62. The molecular weight excluding hydrogens is 308 g/mol. The molecule has 1 heterocycles. The van der Waals surface area contributed by atoms with Gasteiger partial charge in [0.2, 0.25) is 10.0 Å². The molecule has 0 saturated carbocycles. The minimum absolute atomic E-state index is 0.154. The molecule has 0 aliphatic rings. The van der Waals surface area contributed by atoms with Crippen LogP contribution in [0, 0.1) is 0 Å². The number of hydrogen-bond acceptors (Lipinski definition) is 4. The molecule has 0 spiro atoms. The highest BCUT2D eigenvalue weighted by Crippen LogP contribution is 2.19. The molecule has 3 rings (SSSR count). The van der Waals surface area contributed by atoms with Crippen molar-refractivity contribution >= 4 is 31.6 Å². The van der Waals surface area contributed by atoms with Crippen LogP contribution in [0.5, 0.6) is 0 Å². The Hall–Kier alpha value is -1.96. The standard InChI is InChI=1S/C14H12N2O3S2/c17-14-16-12-7-6-11(8-13(12)20-14)21(18,19)15-9-10-4-2-1-3-5-10/h1-8,15H,9H2,(H,16,17). The number of aromatic nitrogens is 1. The second-order valence-corrected chi connectivity index (χ2v) is 7.26. The van der Waals surface area contributed by atoms with Crippen LogP contribution in [0.2, 0.25) is 0 Å². The molecule has 0 aliphatic heterocycles. The van der Waals surface area contributed by atoms with Gasteiger partial charge in [0.15, 0.2) is 0 Å². The Morgan fingerprint density at radius 2 is 1.86 bits per heavy atom. The number of nitrogens with one attached hydrogen (secondary N) is 2. The van der Waals surface area contributed by atoms with Crippen LogP contribution in [0.4, 0.5) is 0 Å². The fraction of sp³-hybridized carbons (Fsp3) is 0.0714. The van der Waals surface area contributed by atoms with E-state index in [1.54, 1.807) is 6.07 Å². The molecular formula is C14H12N2O3S2. The van der Waals surface area contributed by atoms with Crippen LogP contribution in [0.1, 0.15) is 5.56 Å². The third-order valence-corrected chi connectivity index (χ3v) is 5.26. The van der Waals surface area contributed by atoms with Gasteiger partial charge in [0, 0.05) is 6.54 Å². The molecule has 0 atom stereocenters. The van der Waals surface area contributed by atoms with Gasteiger partial charge in [-0.1, -0.05) is 41.7 Å². The van der Waals surface area contributed by atoms with E-state index in [1.807, 2.05) is 30.3 Å². The van der Waals surface area contributed by atoms with Crippen molar-refractivity contribution in [2.45, 2.75) is 11.4 Å². The van der Waals surface area contributed by atoms with Gasteiger partial charge in [-0.25, -0.2) is 13.1 Å². The molecule has 3 aromatic rings. The Balaban J connectivity index is 1.87. The molecule has 108 valence electrons. The SMILES string of the molecule is O=c1[nH]c2ccc(S(=O)(=O)NCc3ccccc3)cc2s1. The maximum atomic E-state index is 12.3. The lowest BCUT2D eigenvalue weighted by Crippen LogP contribution is -2.23. The van der Waals surface area contributed by atoms with E-state index < -0.39 is 10.0 Å². The van der Waals surface area contributed by atoms with Crippen LogP contribution in [0.3, 0.4) is 0 Å². The summed E-state index contributed by atoms with van der Waals surface area (Å²) in [7, 11) is -3.60. The summed E-state index contributed by atoms with van der Waals surface area (Å²) in [5.41, 5.74) is 1.53. The van der Waals surface area contributed by atoms with Crippen molar-refractivity contribution in [3.63, 3.8) is 0 Å². The van der Waals surface area contributed by atoms with Gasteiger partial charge in [-0.2, -0.15) is 0 Å². The number of H-pyrrole nitrogens is 1. The normalized spacial score (nSPS) is 11.8. The highest BCUT2D eigenvalue weighted by Gasteiger charge is 2.15. The topological polar surface area (TPSA) is 79.0 Å². The van der Waals surface area contributed by atoms with Crippen LogP contribution >= 0.6 is 11.3 Å². The third-order valence-electron chi connectivity index (χ3n) is 3.01. The first-order valence-electron chi connectivity index (χ1n) is 6.21. The van der Waals surface area contributed by atoms with Crippen LogP contribution in [-0.4, -0.2) is 13.4 Å². The van der Waals surface area contributed by atoms with Crippen molar-refractivity contribution in [3.8, 4) is 0 Å². The molecule has 0 radical (unpaired) electrons. The first-order chi connectivity index (χ1) is 10.0. The predicted octanol–water partition coefficient (Wildman–Crippen LogP) is 2.07. The van der Waals surface area contributed by atoms with E-state index in [0.717, 1.165) is 16.9 Å². The maximum Gasteiger partial charge on any atom is 0.305 e. The van der Waals surface area contributed by atoms with Gasteiger partial charge in [0.05, 0.1) is 15.1 Å². The maximum absolute atomic E-state index is 12.3. The van der Waals surface area contributed by atoms with E-state index in [2.05, 4.69) is 9.71 Å². The zero-order valence-corrected chi connectivity index (χ0v) is 12.5. The van der Waals surface area contributed by atoms with Crippen molar-refractivity contribution in [2.75, 3.05) is 0 Å². The number of hydrogen-bond donors (Lipinski definition) is 2. The average molecular weight is 320 g/mol. The lowest BCUT2D eigenvalue weighted by Gasteiger charge is -2.06. The van der Waals surface area contributed by atoms with Gasteiger partial charge in [0.25, 0.3) is 0 Å². The molecule has 0 aliphatic carbocycles. The molecule has 0 amide bonds. The van der Waals surface area contributed by atoms with E-state index >= 15 is 0 Å². The Bertz CT molecular complexity index is 928. The van der Waals surface area contributed by atoms with Gasteiger partial charge < -0.3 is 4.98 Å². The fourth-order valence-corrected chi connectivity index (χ4v) is 3.84. The van der Waals surface area contributed by atoms with E-state index in [4.69, 9.17) is 0 Å². The zero-order valence-electron chi connectivity index (χ0n) is 10.9. The van der Waals surface area contributed by atoms with Gasteiger partial charge in [0.1, 0.15) is 0 Å². The number of fused-ring (bicyclic) bond motifs is 1. The van der Waals surface area contributed by atoms with Crippen molar-refractivity contribution in [1.82, 2.24) is 9.71 Å². The summed E-state index contributed by atoms with van der Waals surface area (Å²) in [5.74, 6) is 0. The van der Waals surface area contributed by atoms with Gasteiger partial charge in [-0.15, -0.1) is 0 Å². The average Bonchev–Trinajstić information content (AvgIpc) is 2.85. The first-order valence-corrected chi connectivity index (χ1v) is 8.51. The molecule has 7 heteroatoms. The van der Waals surface area contributed by atoms with Crippen molar-refractivity contribution in [1.29, 1.82) is 0 Å². The van der Waals surface area contributed by atoms with Crippen LogP contribution in [-0.2, 0) is 16.6 Å². The smallest absolute Gasteiger partial charge is 0.305 e. The molecule has 2 aromatic carbocycles. The van der Waals surface area contributed by atoms with Crippen molar-refractivity contribution in [3.05, 3.63) is 63.8 Å². The largest absolute Gasteiger partial charge is 0.312 e. The molecule has 2 N–H and O–H groups in total. The van der Waals surface area contributed by atoms with E-state index in [1.165, 1.54) is 12.1 Å². The van der Waals surface area contributed by atoms with Crippen molar-refractivity contribution in [2.24, 2.45) is 0 Å². The summed E-state index contributed by atoms with van der Waals surface area (Å²) in [5, 5.41) is 0. The summed E-state index contributed by atoms with van der Waals surface area (Å²) >= 11 is 0.994. The summed E-state index contributed by atoms with van der Waals surface area (Å²) in [4.78, 5) is 13.9. The fourth-order valence-electron chi connectivity index (χ4n) is 1.95. The van der Waals surface area contributed by atoms with Crippen molar-refractivity contribution < 1.29 is 8.42 Å². The summed E-state index contributed by atoms with van der Waals surface area (Å²) in [6.07, 6.45) is 0. The summed E-state index contributed by atoms with van der Waals surface area (Å²) in [6, 6.07) is 13.9. The van der Waals surface area contributed by atoms with E-state index in [-0.39, 0.29) is 16.3 Å². The Labute approximate surface area is 125 Å². The van der Waals surface area contributed by atoms with Gasteiger partial charge in [-0.3, -0.25) is 4.79 Å². The summed E-state index contributed by atoms with van der Waals surface area (Å²) in [6.45, 7) is 0.227. The number of aromatic amines is 1. The number of rotatable bonds is 4. The number of benzene rings is 2. The molecule has 0 unspecified atom stereocenters. The molecule has 0 bridgehead atoms. The second kappa shape index (κ2) is 5.44. The minimum Gasteiger partial charge on any atom is -0.312 e. The Morgan fingerprint density at radius 1 is 1.10 bits per heavy atom.